The van der Waals surface area contributed by atoms with Crippen LogP contribution in [0.1, 0.15) is 26.5 Å². The summed E-state index contributed by atoms with van der Waals surface area (Å²) in [6.07, 6.45) is 2.97. The molecule has 0 saturated carbocycles. The first kappa shape index (κ1) is 26.8. The van der Waals surface area contributed by atoms with Crippen LogP contribution in [0.3, 0.4) is 0 Å². The van der Waals surface area contributed by atoms with Gasteiger partial charge in [0, 0.05) is 42.7 Å². The molecule has 0 unspecified atom stereocenters. The third-order valence-corrected chi connectivity index (χ3v) is 6.80. The van der Waals surface area contributed by atoms with Gasteiger partial charge in [0.15, 0.2) is 12.4 Å². The molecule has 1 fully saturated rings. The van der Waals surface area contributed by atoms with Crippen molar-refractivity contribution in [3.8, 4) is 11.5 Å². The number of benzene rings is 3. The summed E-state index contributed by atoms with van der Waals surface area (Å²) in [5.41, 5.74) is 3.43. The summed E-state index contributed by atoms with van der Waals surface area (Å²) in [6, 6.07) is 18.5. The summed E-state index contributed by atoms with van der Waals surface area (Å²) in [7, 11) is 0. The highest BCUT2D eigenvalue weighted by Gasteiger charge is 2.26. The highest BCUT2D eigenvalue weighted by molar-refractivity contribution is 6.32. The molecule has 3 amide bonds. The van der Waals surface area contributed by atoms with Crippen LogP contribution in [0.15, 0.2) is 82.5 Å². The molecule has 11 heteroatoms. The van der Waals surface area contributed by atoms with Crippen molar-refractivity contribution in [1.29, 1.82) is 0 Å². The number of hydrazone groups is 1. The van der Waals surface area contributed by atoms with E-state index in [0.29, 0.717) is 31.9 Å². The van der Waals surface area contributed by atoms with Gasteiger partial charge < -0.3 is 24.1 Å². The minimum absolute atomic E-state index is 0.0686. The number of phenolic OH excluding ortho intramolecular Hbond substituents is 1. The highest BCUT2D eigenvalue weighted by Crippen LogP contribution is 2.28. The van der Waals surface area contributed by atoms with Gasteiger partial charge in [-0.25, -0.2) is 5.43 Å². The van der Waals surface area contributed by atoms with Crippen molar-refractivity contribution in [2.24, 2.45) is 5.10 Å². The van der Waals surface area contributed by atoms with Crippen LogP contribution in [-0.2, 0) is 4.79 Å². The number of carbonyl (C=O) groups is 3. The van der Waals surface area contributed by atoms with Crippen LogP contribution in [0.5, 0.6) is 11.5 Å². The lowest BCUT2D eigenvalue weighted by Gasteiger charge is -2.34. The Kier molecular flexibility index (Phi) is 7.97. The predicted molar refractivity (Wildman–Crippen MR) is 149 cm³/mol. The predicted octanol–water partition coefficient (Wildman–Crippen LogP) is 3.92. The van der Waals surface area contributed by atoms with Gasteiger partial charge in [-0.1, -0.05) is 35.9 Å². The van der Waals surface area contributed by atoms with Gasteiger partial charge in [-0.15, -0.1) is 0 Å². The number of ether oxygens (including phenoxy) is 1. The number of amides is 3. The molecular formula is C29H25ClN4O6. The summed E-state index contributed by atoms with van der Waals surface area (Å²) in [6.45, 7) is 1.51. The zero-order valence-corrected chi connectivity index (χ0v) is 22.0. The number of nitrogens with zero attached hydrogens (tertiary/aromatic N) is 3. The highest BCUT2D eigenvalue weighted by atomic mass is 35.5. The molecule has 3 aromatic carbocycles. The average molecular weight is 561 g/mol. The molecule has 1 saturated heterocycles. The number of hydrogen-bond donors (Lipinski definition) is 2. The fourth-order valence-electron chi connectivity index (χ4n) is 4.35. The quantitative estimate of drug-likeness (QED) is 0.261. The van der Waals surface area contributed by atoms with Crippen molar-refractivity contribution in [3.63, 3.8) is 0 Å². The Morgan fingerprint density at radius 2 is 1.73 bits per heavy atom. The van der Waals surface area contributed by atoms with E-state index in [0.717, 1.165) is 16.3 Å². The number of furan rings is 1. The minimum atomic E-state index is -0.480. The van der Waals surface area contributed by atoms with Gasteiger partial charge in [0.05, 0.1) is 17.5 Å². The Bertz CT molecular complexity index is 1580. The number of nitrogens with one attached hydrogen (secondary N) is 1. The zero-order chi connectivity index (χ0) is 28.1. The van der Waals surface area contributed by atoms with Crippen LogP contribution in [0, 0.1) is 0 Å². The van der Waals surface area contributed by atoms with Gasteiger partial charge >= 0.3 is 0 Å². The smallest absolute Gasteiger partial charge is 0.289 e. The maximum atomic E-state index is 12.8. The van der Waals surface area contributed by atoms with Gasteiger partial charge in [0.25, 0.3) is 17.7 Å². The lowest BCUT2D eigenvalue weighted by molar-refractivity contribution is -0.134. The molecule has 0 aliphatic carbocycles. The molecular weight excluding hydrogens is 536 g/mol. The Morgan fingerprint density at radius 3 is 2.45 bits per heavy atom. The first-order chi connectivity index (χ1) is 19.4. The standard InChI is InChI=1S/C29H25ClN4O6/c30-23-16-19(7-9-24(23)35)28(37)32-31-17-20-8-10-25(22-5-2-1-4-21(20)22)40-18-27(36)33-11-13-34(14-12-33)29(38)26-6-3-15-39-26/h1-10,15-17,35H,11-14,18H2,(H,32,37). The van der Waals surface area contributed by atoms with E-state index in [2.05, 4.69) is 10.5 Å². The SMILES string of the molecule is O=C(NN=Cc1ccc(OCC(=O)N2CCN(C(=O)c3ccco3)CC2)c2ccccc12)c1ccc(O)c(Cl)c1. The summed E-state index contributed by atoms with van der Waals surface area (Å²) in [5.74, 6) is -0.127. The molecule has 1 aliphatic rings. The van der Waals surface area contributed by atoms with E-state index < -0.39 is 5.91 Å². The lowest BCUT2D eigenvalue weighted by Crippen LogP contribution is -2.51. The molecule has 0 bridgehead atoms. The van der Waals surface area contributed by atoms with Crippen LogP contribution in [-0.4, -0.2) is 71.6 Å². The normalized spacial score (nSPS) is 13.5. The van der Waals surface area contributed by atoms with Crippen LogP contribution in [0.4, 0.5) is 0 Å². The summed E-state index contributed by atoms with van der Waals surface area (Å²) < 4.78 is 11.1. The second kappa shape index (κ2) is 11.9. The first-order valence-corrected chi connectivity index (χ1v) is 12.9. The maximum absolute atomic E-state index is 12.8. The molecule has 10 nitrogen and oxygen atoms in total. The molecule has 0 atom stereocenters. The number of phenols is 1. The zero-order valence-electron chi connectivity index (χ0n) is 21.2. The Balaban J connectivity index is 1.19. The molecule has 4 aromatic rings. The van der Waals surface area contributed by atoms with Crippen LogP contribution < -0.4 is 10.2 Å². The summed E-state index contributed by atoms with van der Waals surface area (Å²) >= 11 is 5.87. The van der Waals surface area contributed by atoms with E-state index in [-0.39, 0.29) is 40.5 Å². The van der Waals surface area contributed by atoms with E-state index in [1.165, 1.54) is 30.7 Å². The van der Waals surface area contributed by atoms with Crippen molar-refractivity contribution in [2.75, 3.05) is 32.8 Å². The minimum Gasteiger partial charge on any atom is -0.506 e. The largest absolute Gasteiger partial charge is 0.506 e. The number of aromatic hydroxyl groups is 1. The number of carbonyl (C=O) groups excluding carboxylic acids is 3. The number of piperazine rings is 1. The van der Waals surface area contributed by atoms with Gasteiger partial charge in [0.1, 0.15) is 11.5 Å². The van der Waals surface area contributed by atoms with Gasteiger partial charge in [-0.3, -0.25) is 14.4 Å². The number of fused-ring (bicyclic) bond motifs is 1. The van der Waals surface area contributed by atoms with E-state index >= 15 is 0 Å². The molecule has 2 heterocycles. The van der Waals surface area contributed by atoms with Crippen LogP contribution in [0.25, 0.3) is 10.8 Å². The van der Waals surface area contributed by atoms with Crippen LogP contribution >= 0.6 is 11.6 Å². The van der Waals surface area contributed by atoms with Crippen molar-refractivity contribution in [3.05, 3.63) is 94.9 Å². The van der Waals surface area contributed by atoms with E-state index in [4.69, 9.17) is 20.8 Å². The second-order valence-corrected chi connectivity index (χ2v) is 9.41. The van der Waals surface area contributed by atoms with Crippen LogP contribution in [0.2, 0.25) is 5.02 Å². The molecule has 0 radical (unpaired) electrons. The molecule has 1 aromatic heterocycles. The van der Waals surface area contributed by atoms with Crippen molar-refractivity contribution < 1.29 is 28.6 Å². The Morgan fingerprint density at radius 1 is 0.975 bits per heavy atom. The molecule has 1 aliphatic heterocycles. The summed E-state index contributed by atoms with van der Waals surface area (Å²) in [4.78, 5) is 41.0. The second-order valence-electron chi connectivity index (χ2n) is 9.00. The topological polar surface area (TPSA) is 125 Å². The van der Waals surface area contributed by atoms with Gasteiger partial charge in [-0.05, 0) is 47.9 Å². The fraction of sp³-hybridized carbons (Fsp3) is 0.172. The van der Waals surface area contributed by atoms with E-state index in [1.54, 1.807) is 34.1 Å². The number of hydrogen-bond acceptors (Lipinski definition) is 7. The molecule has 5 rings (SSSR count). The lowest BCUT2D eigenvalue weighted by atomic mass is 10.0. The first-order valence-electron chi connectivity index (χ1n) is 12.5. The average Bonchev–Trinajstić information content (AvgIpc) is 3.53. The van der Waals surface area contributed by atoms with Crippen molar-refractivity contribution >= 4 is 46.3 Å². The van der Waals surface area contributed by atoms with Crippen molar-refractivity contribution in [2.45, 2.75) is 0 Å². The van der Waals surface area contributed by atoms with Gasteiger partial charge in [0.2, 0.25) is 0 Å². The molecule has 204 valence electrons. The third-order valence-electron chi connectivity index (χ3n) is 6.50. The number of halogens is 1. The van der Waals surface area contributed by atoms with Crippen molar-refractivity contribution in [1.82, 2.24) is 15.2 Å². The summed E-state index contributed by atoms with van der Waals surface area (Å²) in [5, 5.41) is 15.3. The fourth-order valence-corrected chi connectivity index (χ4v) is 4.53. The number of rotatable bonds is 7. The van der Waals surface area contributed by atoms with E-state index in [9.17, 15) is 19.5 Å². The van der Waals surface area contributed by atoms with Gasteiger partial charge in [-0.2, -0.15) is 5.10 Å². The Labute approximate surface area is 234 Å². The molecule has 2 N–H and O–H groups in total. The van der Waals surface area contributed by atoms with E-state index in [1.807, 2.05) is 24.3 Å². The Hall–Kier alpha value is -4.83. The third kappa shape index (κ3) is 5.92. The molecule has 0 spiro atoms. The molecule has 40 heavy (non-hydrogen) atoms. The monoisotopic (exact) mass is 560 g/mol. The maximum Gasteiger partial charge on any atom is 0.289 e.